The smallest absolute Gasteiger partial charge is 0.276 e. The van der Waals surface area contributed by atoms with Crippen molar-refractivity contribution in [3.63, 3.8) is 0 Å². The zero-order valence-corrected chi connectivity index (χ0v) is 8.68. The van der Waals surface area contributed by atoms with Gasteiger partial charge in [-0.15, -0.1) is 0 Å². The predicted octanol–water partition coefficient (Wildman–Crippen LogP) is -0.386. The fourth-order valence-corrected chi connectivity index (χ4v) is 2.07. The van der Waals surface area contributed by atoms with Crippen LogP contribution in [0.2, 0.25) is 0 Å². The van der Waals surface area contributed by atoms with Crippen LogP contribution in [0.1, 0.15) is 23.8 Å². The zero-order chi connectivity index (χ0) is 10.8. The van der Waals surface area contributed by atoms with Gasteiger partial charge in [0.05, 0.1) is 6.20 Å². The van der Waals surface area contributed by atoms with Crippen molar-refractivity contribution >= 4 is 5.91 Å². The highest BCUT2D eigenvalue weighted by Crippen LogP contribution is 2.24. The topological polar surface area (TPSA) is 87.9 Å². The molecule has 1 amide bonds. The number of likely N-dealkylation sites (tertiary alicyclic amines) is 1. The monoisotopic (exact) mass is 209 g/mol. The van der Waals surface area contributed by atoms with E-state index in [1.54, 1.807) is 4.90 Å². The molecular formula is C9H15N5O. The van der Waals surface area contributed by atoms with Crippen LogP contribution in [0, 0.1) is 5.92 Å². The van der Waals surface area contributed by atoms with Crippen molar-refractivity contribution in [2.75, 3.05) is 13.1 Å². The van der Waals surface area contributed by atoms with Crippen molar-refractivity contribution in [3.8, 4) is 0 Å². The summed E-state index contributed by atoms with van der Waals surface area (Å²) in [5.74, 6) is 0.384. The van der Waals surface area contributed by atoms with Crippen molar-refractivity contribution in [1.82, 2.24) is 20.3 Å². The van der Waals surface area contributed by atoms with Gasteiger partial charge in [0.25, 0.3) is 5.91 Å². The van der Waals surface area contributed by atoms with Gasteiger partial charge in [-0.25, -0.2) is 0 Å². The Hall–Kier alpha value is -1.43. The lowest BCUT2D eigenvalue weighted by Crippen LogP contribution is -2.42. The lowest BCUT2D eigenvalue weighted by molar-refractivity contribution is 0.0721. The van der Waals surface area contributed by atoms with E-state index in [4.69, 9.17) is 5.73 Å². The number of nitrogens with two attached hydrogens (primary N) is 1. The van der Waals surface area contributed by atoms with Gasteiger partial charge in [-0.3, -0.25) is 4.79 Å². The van der Waals surface area contributed by atoms with Crippen LogP contribution in [-0.4, -0.2) is 45.3 Å². The van der Waals surface area contributed by atoms with Crippen molar-refractivity contribution in [1.29, 1.82) is 0 Å². The van der Waals surface area contributed by atoms with Crippen LogP contribution in [0.5, 0.6) is 0 Å². The molecule has 3 N–H and O–H groups in total. The average Bonchev–Trinajstić information content (AvgIpc) is 2.85. The minimum absolute atomic E-state index is 0.0800. The molecule has 1 aromatic rings. The number of hydrogen-bond acceptors (Lipinski definition) is 4. The first kappa shape index (κ1) is 10.1. The summed E-state index contributed by atoms with van der Waals surface area (Å²) in [5.41, 5.74) is 6.03. The molecule has 82 valence electrons. The molecule has 2 unspecified atom stereocenters. The van der Waals surface area contributed by atoms with Gasteiger partial charge in [0.15, 0.2) is 5.69 Å². The van der Waals surface area contributed by atoms with Gasteiger partial charge in [0, 0.05) is 19.1 Å². The fraction of sp³-hybridized carbons (Fsp3) is 0.667. The van der Waals surface area contributed by atoms with E-state index in [9.17, 15) is 4.79 Å². The predicted molar refractivity (Wildman–Crippen MR) is 54.0 cm³/mol. The van der Waals surface area contributed by atoms with E-state index in [0.717, 1.165) is 13.0 Å². The maximum absolute atomic E-state index is 12.0. The molecule has 0 bridgehead atoms. The molecule has 0 saturated carbocycles. The maximum Gasteiger partial charge on any atom is 0.276 e. The fourth-order valence-electron chi connectivity index (χ4n) is 2.07. The molecule has 1 saturated heterocycles. The number of carbonyl (C=O) groups excluding carboxylic acids is 1. The molecule has 15 heavy (non-hydrogen) atoms. The maximum atomic E-state index is 12.0. The van der Waals surface area contributed by atoms with Crippen molar-refractivity contribution < 1.29 is 4.79 Å². The molecule has 2 rings (SSSR count). The first-order valence-electron chi connectivity index (χ1n) is 5.11. The first-order chi connectivity index (χ1) is 7.24. The van der Waals surface area contributed by atoms with Gasteiger partial charge in [-0.1, -0.05) is 6.92 Å². The molecule has 1 aliphatic heterocycles. The van der Waals surface area contributed by atoms with E-state index in [2.05, 4.69) is 22.3 Å². The number of H-pyrrole nitrogens is 1. The van der Waals surface area contributed by atoms with Crippen molar-refractivity contribution in [2.24, 2.45) is 11.7 Å². The van der Waals surface area contributed by atoms with Crippen LogP contribution < -0.4 is 5.73 Å². The van der Waals surface area contributed by atoms with Gasteiger partial charge in [-0.05, 0) is 12.3 Å². The average molecular weight is 209 g/mol. The Balaban J connectivity index is 2.14. The molecule has 2 atom stereocenters. The quantitative estimate of drug-likeness (QED) is 0.694. The summed E-state index contributed by atoms with van der Waals surface area (Å²) in [6, 6.07) is 0.134. The Kier molecular flexibility index (Phi) is 2.68. The number of nitrogens with zero attached hydrogens (tertiary/aromatic N) is 3. The molecule has 0 aliphatic carbocycles. The second kappa shape index (κ2) is 3.98. The summed E-state index contributed by atoms with van der Waals surface area (Å²) < 4.78 is 0. The highest BCUT2D eigenvalue weighted by atomic mass is 16.2. The summed E-state index contributed by atoms with van der Waals surface area (Å²) in [7, 11) is 0. The Morgan fingerprint density at radius 3 is 3.20 bits per heavy atom. The van der Waals surface area contributed by atoms with Crippen LogP contribution in [0.4, 0.5) is 0 Å². The van der Waals surface area contributed by atoms with Gasteiger partial charge in [-0.2, -0.15) is 15.4 Å². The number of carbonyl (C=O) groups is 1. The number of hydrogen-bond donors (Lipinski definition) is 2. The second-order valence-corrected chi connectivity index (χ2v) is 3.92. The van der Waals surface area contributed by atoms with E-state index in [-0.39, 0.29) is 11.9 Å². The molecular weight excluding hydrogens is 194 g/mol. The molecule has 0 radical (unpaired) electrons. The third kappa shape index (κ3) is 1.72. The minimum Gasteiger partial charge on any atom is -0.333 e. The van der Waals surface area contributed by atoms with Gasteiger partial charge >= 0.3 is 0 Å². The normalized spacial score (nSPS) is 25.9. The molecule has 6 nitrogen and oxygen atoms in total. The molecule has 6 heteroatoms. The SMILES string of the molecule is CC1CCN(C(=O)c2cn[nH]n2)C1CN. The molecule has 1 aromatic heterocycles. The lowest BCUT2D eigenvalue weighted by atomic mass is 10.0. The van der Waals surface area contributed by atoms with Gasteiger partial charge < -0.3 is 10.6 Å². The van der Waals surface area contributed by atoms with Crippen LogP contribution in [0.3, 0.4) is 0 Å². The number of nitrogens with one attached hydrogen (secondary N) is 1. The Morgan fingerprint density at radius 1 is 1.80 bits per heavy atom. The minimum atomic E-state index is -0.0800. The number of aromatic nitrogens is 3. The van der Waals surface area contributed by atoms with Gasteiger partial charge in [0.2, 0.25) is 0 Å². The summed E-state index contributed by atoms with van der Waals surface area (Å²) >= 11 is 0. The molecule has 0 spiro atoms. The van der Waals surface area contributed by atoms with E-state index in [0.29, 0.717) is 18.2 Å². The summed E-state index contributed by atoms with van der Waals surface area (Å²) in [4.78, 5) is 13.8. The van der Waals surface area contributed by atoms with Crippen LogP contribution >= 0.6 is 0 Å². The standard InChI is InChI=1S/C9H15N5O/c1-6-2-3-14(8(6)4-10)9(15)7-5-11-13-12-7/h5-6,8H,2-4,10H2,1H3,(H,11,12,13). The molecule has 1 fully saturated rings. The molecule has 1 aliphatic rings. The third-order valence-electron chi connectivity index (χ3n) is 3.02. The number of rotatable bonds is 2. The highest BCUT2D eigenvalue weighted by Gasteiger charge is 2.34. The summed E-state index contributed by atoms with van der Waals surface area (Å²) in [6.07, 6.45) is 2.45. The first-order valence-corrected chi connectivity index (χ1v) is 5.11. The van der Waals surface area contributed by atoms with Gasteiger partial charge in [0.1, 0.15) is 0 Å². The highest BCUT2D eigenvalue weighted by molar-refractivity contribution is 5.92. The summed E-state index contributed by atoms with van der Waals surface area (Å²) in [5, 5.41) is 9.86. The Labute approximate surface area is 87.8 Å². The Morgan fingerprint density at radius 2 is 2.60 bits per heavy atom. The van der Waals surface area contributed by atoms with Crippen LogP contribution in [0.25, 0.3) is 0 Å². The van der Waals surface area contributed by atoms with Crippen molar-refractivity contribution in [3.05, 3.63) is 11.9 Å². The third-order valence-corrected chi connectivity index (χ3v) is 3.02. The van der Waals surface area contributed by atoms with Crippen LogP contribution in [0.15, 0.2) is 6.20 Å². The molecule has 2 heterocycles. The zero-order valence-electron chi connectivity index (χ0n) is 8.68. The summed E-state index contributed by atoms with van der Waals surface area (Å²) in [6.45, 7) is 3.38. The van der Waals surface area contributed by atoms with E-state index in [1.807, 2.05) is 0 Å². The number of aromatic amines is 1. The second-order valence-electron chi connectivity index (χ2n) is 3.92. The van der Waals surface area contributed by atoms with Crippen molar-refractivity contribution in [2.45, 2.75) is 19.4 Å². The van der Waals surface area contributed by atoms with E-state index < -0.39 is 0 Å². The Bertz CT molecular complexity index is 336. The largest absolute Gasteiger partial charge is 0.333 e. The number of amides is 1. The lowest BCUT2D eigenvalue weighted by Gasteiger charge is -2.24. The van der Waals surface area contributed by atoms with E-state index >= 15 is 0 Å². The van der Waals surface area contributed by atoms with E-state index in [1.165, 1.54) is 6.20 Å². The molecule has 0 aromatic carbocycles. The van der Waals surface area contributed by atoms with Crippen LogP contribution in [-0.2, 0) is 0 Å².